The van der Waals surface area contributed by atoms with Crippen LogP contribution in [0.1, 0.15) is 10.4 Å². The van der Waals surface area contributed by atoms with Crippen molar-refractivity contribution in [3.63, 3.8) is 0 Å². The van der Waals surface area contributed by atoms with Crippen LogP contribution in [0.3, 0.4) is 0 Å². The van der Waals surface area contributed by atoms with Crippen LogP contribution >= 0.6 is 39.1 Å². The van der Waals surface area contributed by atoms with Crippen molar-refractivity contribution in [2.45, 2.75) is 0 Å². The monoisotopic (exact) mass is 393 g/mol. The number of amides is 1. The summed E-state index contributed by atoms with van der Waals surface area (Å²) in [5, 5.41) is 5.61. The smallest absolute Gasteiger partial charge is 0.256 e. The van der Waals surface area contributed by atoms with Gasteiger partial charge in [0.25, 0.3) is 5.91 Å². The van der Waals surface area contributed by atoms with Gasteiger partial charge in [0.2, 0.25) is 0 Å². The van der Waals surface area contributed by atoms with E-state index in [2.05, 4.69) is 21.2 Å². The predicted molar refractivity (Wildman–Crippen MR) is 96.1 cm³/mol. The number of carbonyl (C=O) groups excluding carboxylic acids is 1. The van der Waals surface area contributed by atoms with E-state index < -0.39 is 0 Å². The summed E-state index contributed by atoms with van der Waals surface area (Å²) in [6, 6.07) is 16.3. The fourth-order valence-electron chi connectivity index (χ4n) is 2.25. The van der Waals surface area contributed by atoms with E-state index >= 15 is 0 Å². The van der Waals surface area contributed by atoms with Crippen LogP contribution in [0.15, 0.2) is 59.1 Å². The highest BCUT2D eigenvalue weighted by atomic mass is 79.9. The van der Waals surface area contributed by atoms with Crippen LogP contribution in [0.4, 0.5) is 5.69 Å². The van der Waals surface area contributed by atoms with Crippen molar-refractivity contribution >= 4 is 61.5 Å². The van der Waals surface area contributed by atoms with Crippen LogP contribution in [0.5, 0.6) is 0 Å². The van der Waals surface area contributed by atoms with Crippen molar-refractivity contribution in [1.29, 1.82) is 0 Å². The molecule has 0 saturated heterocycles. The maximum absolute atomic E-state index is 12.6. The van der Waals surface area contributed by atoms with Gasteiger partial charge in [0.05, 0.1) is 10.7 Å². The van der Waals surface area contributed by atoms with E-state index in [0.29, 0.717) is 21.3 Å². The van der Waals surface area contributed by atoms with Gasteiger partial charge < -0.3 is 5.32 Å². The van der Waals surface area contributed by atoms with Gasteiger partial charge >= 0.3 is 0 Å². The molecular formula is C17H10BrCl2NO. The zero-order valence-corrected chi connectivity index (χ0v) is 14.3. The van der Waals surface area contributed by atoms with Crippen LogP contribution in [0, 0.1) is 0 Å². The maximum atomic E-state index is 12.6. The van der Waals surface area contributed by atoms with Gasteiger partial charge in [-0.3, -0.25) is 4.79 Å². The maximum Gasteiger partial charge on any atom is 0.256 e. The largest absolute Gasteiger partial charge is 0.321 e. The summed E-state index contributed by atoms with van der Waals surface area (Å²) in [7, 11) is 0. The molecule has 5 heteroatoms. The second-order valence-corrected chi connectivity index (χ2v) is 6.42. The first-order valence-corrected chi connectivity index (χ1v) is 8.05. The molecule has 0 atom stereocenters. The lowest BCUT2D eigenvalue weighted by Crippen LogP contribution is -2.12. The second kappa shape index (κ2) is 6.29. The summed E-state index contributed by atoms with van der Waals surface area (Å²) < 4.78 is 0.948. The molecule has 1 amide bonds. The molecule has 3 aromatic carbocycles. The SMILES string of the molecule is O=C(Nc1ccc(Cl)cc1Cl)c1cccc2c(Br)cccc12. The molecule has 0 saturated carbocycles. The first-order chi connectivity index (χ1) is 10.6. The van der Waals surface area contributed by atoms with Crippen molar-refractivity contribution < 1.29 is 4.79 Å². The molecule has 22 heavy (non-hydrogen) atoms. The molecule has 3 aromatic rings. The number of rotatable bonds is 2. The molecule has 1 N–H and O–H groups in total. The van der Waals surface area contributed by atoms with Crippen LogP contribution < -0.4 is 5.32 Å². The lowest BCUT2D eigenvalue weighted by molar-refractivity contribution is 0.102. The van der Waals surface area contributed by atoms with Crippen molar-refractivity contribution in [1.82, 2.24) is 0 Å². The Morgan fingerprint density at radius 3 is 2.45 bits per heavy atom. The Labute approximate surface area is 146 Å². The van der Waals surface area contributed by atoms with Gasteiger partial charge in [-0.1, -0.05) is 63.4 Å². The van der Waals surface area contributed by atoms with E-state index in [1.54, 1.807) is 24.3 Å². The van der Waals surface area contributed by atoms with Crippen LogP contribution in [0.2, 0.25) is 10.0 Å². The third kappa shape index (κ3) is 2.98. The Hall–Kier alpha value is -1.55. The van der Waals surface area contributed by atoms with E-state index in [1.165, 1.54) is 0 Å². The fraction of sp³-hybridized carbons (Fsp3) is 0. The number of benzene rings is 3. The summed E-state index contributed by atoms with van der Waals surface area (Å²) >= 11 is 15.5. The Balaban J connectivity index is 2.01. The summed E-state index contributed by atoms with van der Waals surface area (Å²) in [6.45, 7) is 0. The molecule has 0 bridgehead atoms. The third-order valence-corrected chi connectivity index (χ3v) is 4.53. The lowest BCUT2D eigenvalue weighted by atomic mass is 10.0. The third-order valence-electron chi connectivity index (χ3n) is 3.29. The zero-order chi connectivity index (χ0) is 15.7. The Morgan fingerprint density at radius 2 is 1.68 bits per heavy atom. The molecule has 3 rings (SSSR count). The Kier molecular flexibility index (Phi) is 4.39. The number of carbonyl (C=O) groups is 1. The molecule has 0 aliphatic rings. The quantitative estimate of drug-likeness (QED) is 0.553. The molecule has 2 nitrogen and oxygen atoms in total. The number of halogens is 3. The van der Waals surface area contributed by atoms with Crippen LogP contribution in [0.25, 0.3) is 10.8 Å². The van der Waals surface area contributed by atoms with Crippen molar-refractivity contribution in [3.8, 4) is 0 Å². The molecule has 0 aromatic heterocycles. The van der Waals surface area contributed by atoms with Gasteiger partial charge in [-0.25, -0.2) is 0 Å². The molecule has 0 aliphatic carbocycles. The second-order valence-electron chi connectivity index (χ2n) is 4.72. The van der Waals surface area contributed by atoms with E-state index in [0.717, 1.165) is 15.2 Å². The average molecular weight is 395 g/mol. The van der Waals surface area contributed by atoms with Gasteiger partial charge in [-0.2, -0.15) is 0 Å². The minimum Gasteiger partial charge on any atom is -0.321 e. The average Bonchev–Trinajstić information content (AvgIpc) is 2.50. The zero-order valence-electron chi connectivity index (χ0n) is 11.2. The minimum atomic E-state index is -0.215. The van der Waals surface area contributed by atoms with Gasteiger partial charge in [0.15, 0.2) is 0 Å². The molecule has 0 heterocycles. The molecule has 0 fully saturated rings. The molecular weight excluding hydrogens is 385 g/mol. The van der Waals surface area contributed by atoms with E-state index in [1.807, 2.05) is 30.3 Å². The van der Waals surface area contributed by atoms with Gasteiger partial charge in [-0.05, 0) is 41.1 Å². The summed E-state index contributed by atoms with van der Waals surface area (Å²) in [5.74, 6) is -0.215. The number of hydrogen-bond acceptors (Lipinski definition) is 1. The number of hydrogen-bond donors (Lipinski definition) is 1. The standard InChI is InChI=1S/C17H10BrCl2NO/c18-14-6-2-3-11-12(14)4-1-5-13(11)17(22)21-16-8-7-10(19)9-15(16)20/h1-9H,(H,21,22). The normalized spacial score (nSPS) is 10.7. The Bertz CT molecular complexity index is 880. The number of fused-ring (bicyclic) bond motifs is 1. The number of nitrogens with one attached hydrogen (secondary N) is 1. The van der Waals surface area contributed by atoms with E-state index in [-0.39, 0.29) is 5.91 Å². The van der Waals surface area contributed by atoms with Gasteiger partial charge in [0.1, 0.15) is 0 Å². The number of anilines is 1. The predicted octanol–water partition coefficient (Wildman–Crippen LogP) is 6.16. The molecule has 110 valence electrons. The lowest BCUT2D eigenvalue weighted by Gasteiger charge is -2.10. The fourth-order valence-corrected chi connectivity index (χ4v) is 3.20. The summed E-state index contributed by atoms with van der Waals surface area (Å²) in [6.07, 6.45) is 0. The highest BCUT2D eigenvalue weighted by molar-refractivity contribution is 9.10. The topological polar surface area (TPSA) is 29.1 Å². The molecule has 0 radical (unpaired) electrons. The van der Waals surface area contributed by atoms with Crippen molar-refractivity contribution in [3.05, 3.63) is 74.7 Å². The molecule has 0 aliphatic heterocycles. The van der Waals surface area contributed by atoms with Crippen molar-refractivity contribution in [2.24, 2.45) is 0 Å². The molecule has 0 spiro atoms. The van der Waals surface area contributed by atoms with E-state index in [9.17, 15) is 4.79 Å². The van der Waals surface area contributed by atoms with Crippen LogP contribution in [-0.2, 0) is 0 Å². The van der Waals surface area contributed by atoms with Gasteiger partial charge in [-0.15, -0.1) is 0 Å². The van der Waals surface area contributed by atoms with Crippen LogP contribution in [-0.4, -0.2) is 5.91 Å². The summed E-state index contributed by atoms with van der Waals surface area (Å²) in [4.78, 5) is 12.6. The Morgan fingerprint density at radius 1 is 0.955 bits per heavy atom. The molecule has 0 unspecified atom stereocenters. The van der Waals surface area contributed by atoms with Crippen molar-refractivity contribution in [2.75, 3.05) is 5.32 Å². The first kappa shape index (κ1) is 15.3. The van der Waals surface area contributed by atoms with Gasteiger partial charge in [0, 0.05) is 15.1 Å². The first-order valence-electron chi connectivity index (χ1n) is 6.50. The van der Waals surface area contributed by atoms with E-state index in [4.69, 9.17) is 23.2 Å². The highest BCUT2D eigenvalue weighted by Gasteiger charge is 2.12. The minimum absolute atomic E-state index is 0.215. The summed E-state index contributed by atoms with van der Waals surface area (Å²) in [5.41, 5.74) is 1.12. The highest BCUT2D eigenvalue weighted by Crippen LogP contribution is 2.29.